The van der Waals surface area contributed by atoms with Gasteiger partial charge in [-0.2, -0.15) is 10.4 Å². The molecule has 0 spiro atoms. The lowest BCUT2D eigenvalue weighted by Crippen LogP contribution is -1.96. The van der Waals surface area contributed by atoms with Crippen LogP contribution in [0, 0.1) is 11.3 Å². The van der Waals surface area contributed by atoms with Crippen molar-refractivity contribution in [2.75, 3.05) is 0 Å². The van der Waals surface area contributed by atoms with Crippen LogP contribution in [0.3, 0.4) is 0 Å². The zero-order valence-corrected chi connectivity index (χ0v) is 5.70. The molecular formula is C7H9N3. The average Bonchev–Trinajstić information content (AvgIpc) is 2.41. The quantitative estimate of drug-likeness (QED) is 0.584. The van der Waals surface area contributed by atoms with Crippen molar-refractivity contribution in [3.05, 3.63) is 18.5 Å². The Morgan fingerprint density at radius 2 is 2.50 bits per heavy atom. The third-order valence-electron chi connectivity index (χ3n) is 1.23. The Balaban J connectivity index is 2.23. The highest BCUT2D eigenvalue weighted by molar-refractivity contribution is 4.78. The van der Waals surface area contributed by atoms with Gasteiger partial charge in [-0.15, -0.1) is 0 Å². The summed E-state index contributed by atoms with van der Waals surface area (Å²) >= 11 is 0. The molecular weight excluding hydrogens is 126 g/mol. The third-order valence-corrected chi connectivity index (χ3v) is 1.23. The van der Waals surface area contributed by atoms with E-state index in [4.69, 9.17) is 5.26 Å². The van der Waals surface area contributed by atoms with Crippen LogP contribution in [-0.4, -0.2) is 9.78 Å². The summed E-state index contributed by atoms with van der Waals surface area (Å²) in [6.07, 6.45) is 5.14. The fraction of sp³-hybridized carbons (Fsp3) is 0.429. The molecule has 0 radical (unpaired) electrons. The molecule has 1 heterocycles. The number of nitrogens with zero attached hydrogens (tertiary/aromatic N) is 3. The number of aryl methyl sites for hydroxylation is 1. The van der Waals surface area contributed by atoms with Gasteiger partial charge in [0.15, 0.2) is 0 Å². The zero-order valence-electron chi connectivity index (χ0n) is 5.70. The minimum Gasteiger partial charge on any atom is -0.273 e. The highest BCUT2D eigenvalue weighted by atomic mass is 15.3. The van der Waals surface area contributed by atoms with Crippen LogP contribution in [0.15, 0.2) is 18.5 Å². The van der Waals surface area contributed by atoms with Gasteiger partial charge in [0.05, 0.1) is 6.07 Å². The number of nitriles is 1. The summed E-state index contributed by atoms with van der Waals surface area (Å²) in [6, 6.07) is 3.97. The summed E-state index contributed by atoms with van der Waals surface area (Å²) in [6.45, 7) is 0.848. The van der Waals surface area contributed by atoms with Gasteiger partial charge in [-0.3, -0.25) is 4.68 Å². The van der Waals surface area contributed by atoms with Crippen LogP contribution >= 0.6 is 0 Å². The molecule has 0 aliphatic rings. The van der Waals surface area contributed by atoms with Crippen molar-refractivity contribution in [3.63, 3.8) is 0 Å². The minimum atomic E-state index is 0.611. The Bertz CT molecular complexity index is 207. The molecule has 0 bridgehead atoms. The van der Waals surface area contributed by atoms with E-state index in [9.17, 15) is 0 Å². The lowest BCUT2D eigenvalue weighted by atomic mass is 10.3. The number of unbranched alkanes of at least 4 members (excludes halogenated alkanes) is 1. The van der Waals surface area contributed by atoms with Gasteiger partial charge in [0.2, 0.25) is 0 Å². The second-order valence-electron chi connectivity index (χ2n) is 2.03. The van der Waals surface area contributed by atoms with E-state index in [0.29, 0.717) is 6.42 Å². The lowest BCUT2D eigenvalue weighted by molar-refractivity contribution is 0.586. The van der Waals surface area contributed by atoms with Gasteiger partial charge in [-0.25, -0.2) is 0 Å². The Hall–Kier alpha value is -1.30. The van der Waals surface area contributed by atoms with Gasteiger partial charge in [-0.1, -0.05) is 0 Å². The molecule has 0 saturated heterocycles. The molecule has 52 valence electrons. The SMILES string of the molecule is N#CCCCn1cccn1. The Morgan fingerprint density at radius 3 is 3.10 bits per heavy atom. The third kappa shape index (κ3) is 1.90. The van der Waals surface area contributed by atoms with Gasteiger partial charge < -0.3 is 0 Å². The van der Waals surface area contributed by atoms with E-state index in [2.05, 4.69) is 11.2 Å². The van der Waals surface area contributed by atoms with E-state index in [0.717, 1.165) is 13.0 Å². The van der Waals surface area contributed by atoms with Gasteiger partial charge in [0.25, 0.3) is 0 Å². The van der Waals surface area contributed by atoms with Crippen LogP contribution in [0.4, 0.5) is 0 Å². The van der Waals surface area contributed by atoms with Gasteiger partial charge in [0, 0.05) is 25.4 Å². The molecule has 3 nitrogen and oxygen atoms in total. The van der Waals surface area contributed by atoms with Crippen LogP contribution in [0.25, 0.3) is 0 Å². The van der Waals surface area contributed by atoms with Crippen LogP contribution in [0.5, 0.6) is 0 Å². The molecule has 1 aromatic rings. The first kappa shape index (κ1) is 6.81. The molecule has 0 atom stereocenters. The molecule has 0 aliphatic carbocycles. The first-order valence-electron chi connectivity index (χ1n) is 3.28. The zero-order chi connectivity index (χ0) is 7.23. The van der Waals surface area contributed by atoms with Crippen molar-refractivity contribution in [3.8, 4) is 6.07 Å². The van der Waals surface area contributed by atoms with Crippen molar-refractivity contribution in [1.29, 1.82) is 5.26 Å². The monoisotopic (exact) mass is 135 g/mol. The van der Waals surface area contributed by atoms with E-state index in [1.807, 2.05) is 16.9 Å². The van der Waals surface area contributed by atoms with E-state index in [-0.39, 0.29) is 0 Å². The fourth-order valence-corrected chi connectivity index (χ4v) is 0.753. The number of hydrogen-bond acceptors (Lipinski definition) is 2. The number of hydrogen-bond donors (Lipinski definition) is 0. The normalized spacial score (nSPS) is 9.10. The molecule has 1 aromatic heterocycles. The van der Waals surface area contributed by atoms with Gasteiger partial charge in [-0.05, 0) is 12.5 Å². The lowest BCUT2D eigenvalue weighted by Gasteiger charge is -1.95. The summed E-state index contributed by atoms with van der Waals surface area (Å²) < 4.78 is 1.83. The second kappa shape index (κ2) is 3.67. The molecule has 0 N–H and O–H groups in total. The molecule has 0 fully saturated rings. The average molecular weight is 135 g/mol. The van der Waals surface area contributed by atoms with Crippen molar-refractivity contribution in [2.45, 2.75) is 19.4 Å². The maximum absolute atomic E-state index is 8.22. The maximum Gasteiger partial charge on any atom is 0.0622 e. The number of rotatable bonds is 3. The predicted octanol–water partition coefficient (Wildman–Crippen LogP) is 1.19. The predicted molar refractivity (Wildman–Crippen MR) is 37.1 cm³/mol. The van der Waals surface area contributed by atoms with Crippen molar-refractivity contribution < 1.29 is 0 Å². The molecule has 1 rings (SSSR count). The topological polar surface area (TPSA) is 41.6 Å². The Morgan fingerprint density at radius 1 is 1.60 bits per heavy atom. The highest BCUT2D eigenvalue weighted by Crippen LogP contribution is 1.91. The number of aromatic nitrogens is 2. The highest BCUT2D eigenvalue weighted by Gasteiger charge is 1.87. The van der Waals surface area contributed by atoms with Crippen molar-refractivity contribution in [1.82, 2.24) is 9.78 Å². The van der Waals surface area contributed by atoms with Crippen LogP contribution < -0.4 is 0 Å². The molecule has 0 aliphatic heterocycles. The first-order valence-corrected chi connectivity index (χ1v) is 3.28. The maximum atomic E-state index is 8.22. The van der Waals surface area contributed by atoms with E-state index >= 15 is 0 Å². The summed E-state index contributed by atoms with van der Waals surface area (Å²) in [5, 5.41) is 12.2. The summed E-state index contributed by atoms with van der Waals surface area (Å²) in [5.41, 5.74) is 0. The van der Waals surface area contributed by atoms with Crippen LogP contribution in [-0.2, 0) is 6.54 Å². The summed E-state index contributed by atoms with van der Waals surface area (Å²) in [7, 11) is 0. The van der Waals surface area contributed by atoms with Crippen molar-refractivity contribution in [2.24, 2.45) is 0 Å². The fourth-order valence-electron chi connectivity index (χ4n) is 0.753. The standard InChI is InChI=1S/C7H9N3/c8-4-1-2-6-10-7-3-5-9-10/h3,5,7H,1-2,6H2. The van der Waals surface area contributed by atoms with E-state index in [1.54, 1.807) is 6.20 Å². The largest absolute Gasteiger partial charge is 0.273 e. The van der Waals surface area contributed by atoms with E-state index < -0.39 is 0 Å². The van der Waals surface area contributed by atoms with Crippen LogP contribution in [0.1, 0.15) is 12.8 Å². The van der Waals surface area contributed by atoms with Gasteiger partial charge in [0.1, 0.15) is 0 Å². The van der Waals surface area contributed by atoms with Crippen molar-refractivity contribution >= 4 is 0 Å². The molecule has 0 unspecified atom stereocenters. The summed E-state index contributed by atoms with van der Waals surface area (Å²) in [5.74, 6) is 0. The molecule has 10 heavy (non-hydrogen) atoms. The second-order valence-corrected chi connectivity index (χ2v) is 2.03. The first-order chi connectivity index (χ1) is 4.93. The Labute approximate surface area is 59.9 Å². The minimum absolute atomic E-state index is 0.611. The van der Waals surface area contributed by atoms with Gasteiger partial charge >= 0.3 is 0 Å². The molecule has 0 aromatic carbocycles. The van der Waals surface area contributed by atoms with E-state index in [1.165, 1.54) is 0 Å². The smallest absolute Gasteiger partial charge is 0.0622 e. The molecule has 3 heteroatoms. The summed E-state index contributed by atoms with van der Waals surface area (Å²) in [4.78, 5) is 0. The molecule has 0 amide bonds. The van der Waals surface area contributed by atoms with Crippen LogP contribution in [0.2, 0.25) is 0 Å². The molecule has 0 saturated carbocycles. The Kier molecular flexibility index (Phi) is 2.50.